The molecule has 19 heavy (non-hydrogen) atoms. The molecule has 1 N–H and O–H groups in total. The third kappa shape index (κ3) is 3.61. The fraction of sp³-hybridized carbons (Fsp3) is 0.538. The van der Waals surface area contributed by atoms with Gasteiger partial charge in [0.2, 0.25) is 0 Å². The van der Waals surface area contributed by atoms with Crippen LogP contribution in [0, 0.1) is 0 Å². The highest BCUT2D eigenvalue weighted by atomic mass is 19.4. The van der Waals surface area contributed by atoms with Crippen LogP contribution in [0.1, 0.15) is 12.0 Å². The molecular weight excluding hydrogens is 259 g/mol. The number of halogens is 3. The number of benzene rings is 1. The topological polar surface area (TPSA) is 30.5 Å². The molecule has 0 aromatic heterocycles. The van der Waals surface area contributed by atoms with Gasteiger partial charge in [0.05, 0.1) is 5.56 Å². The maximum Gasteiger partial charge on any atom is 0.416 e. The van der Waals surface area contributed by atoms with Crippen LogP contribution in [-0.2, 0) is 10.9 Å². The van der Waals surface area contributed by atoms with Gasteiger partial charge in [-0.3, -0.25) is 0 Å². The number of methoxy groups -OCH3 is 1. The van der Waals surface area contributed by atoms with Crippen molar-refractivity contribution in [1.29, 1.82) is 0 Å². The van der Waals surface area contributed by atoms with Crippen LogP contribution in [0.3, 0.4) is 0 Å². The summed E-state index contributed by atoms with van der Waals surface area (Å²) in [7, 11) is 1.57. The molecule has 3 nitrogen and oxygen atoms in total. The number of piperidine rings is 1. The van der Waals surface area contributed by atoms with Crippen LogP contribution in [0.5, 0.6) is 5.75 Å². The molecule has 0 amide bonds. The molecule has 1 saturated heterocycles. The lowest BCUT2D eigenvalue weighted by atomic mass is 10.1. The zero-order valence-corrected chi connectivity index (χ0v) is 10.5. The zero-order chi connectivity index (χ0) is 13.9. The van der Waals surface area contributed by atoms with E-state index in [0.717, 1.165) is 18.7 Å². The molecule has 106 valence electrons. The zero-order valence-electron chi connectivity index (χ0n) is 10.5. The standard InChI is InChI=1S/C13H16F3NO2/c1-18-12-8-17-6-5-11(12)19-10-4-2-3-9(7-10)13(14,15)16/h2-4,7,11-12,17H,5-6,8H2,1H3/t11-,12-/m0/s1. The predicted molar refractivity (Wildman–Crippen MR) is 64.1 cm³/mol. The van der Waals surface area contributed by atoms with Crippen LogP contribution in [0.4, 0.5) is 13.2 Å². The molecule has 6 heteroatoms. The van der Waals surface area contributed by atoms with E-state index in [1.54, 1.807) is 7.11 Å². The molecular formula is C13H16F3NO2. The van der Waals surface area contributed by atoms with Crippen LogP contribution in [0.15, 0.2) is 24.3 Å². The number of ether oxygens (including phenoxy) is 2. The summed E-state index contributed by atoms with van der Waals surface area (Å²) in [5.41, 5.74) is -0.701. The Balaban J connectivity index is 2.10. The largest absolute Gasteiger partial charge is 0.488 e. The molecule has 2 rings (SSSR count). The summed E-state index contributed by atoms with van der Waals surface area (Å²) < 4.78 is 48.7. The lowest BCUT2D eigenvalue weighted by Gasteiger charge is -2.31. The molecule has 1 heterocycles. The van der Waals surface area contributed by atoms with Gasteiger partial charge in [-0.15, -0.1) is 0 Å². The number of rotatable bonds is 3. The highest BCUT2D eigenvalue weighted by Crippen LogP contribution is 2.31. The Hall–Kier alpha value is -1.27. The second kappa shape index (κ2) is 5.79. The van der Waals surface area contributed by atoms with Gasteiger partial charge in [0.1, 0.15) is 18.0 Å². The maximum absolute atomic E-state index is 12.6. The smallest absolute Gasteiger partial charge is 0.416 e. The number of hydrogen-bond donors (Lipinski definition) is 1. The van der Waals surface area contributed by atoms with Gasteiger partial charge in [0, 0.05) is 13.7 Å². The molecule has 0 radical (unpaired) electrons. The van der Waals surface area contributed by atoms with E-state index in [1.807, 2.05) is 0 Å². The van der Waals surface area contributed by atoms with Crippen LogP contribution in [-0.4, -0.2) is 32.4 Å². The molecule has 1 aliphatic rings. The SMILES string of the molecule is CO[C@H]1CNCC[C@@H]1Oc1cccc(C(F)(F)F)c1. The van der Waals surface area contributed by atoms with E-state index < -0.39 is 11.7 Å². The number of nitrogens with one attached hydrogen (secondary N) is 1. The first-order valence-corrected chi connectivity index (χ1v) is 6.08. The fourth-order valence-electron chi connectivity index (χ4n) is 2.10. The van der Waals surface area contributed by atoms with Crippen LogP contribution >= 0.6 is 0 Å². The van der Waals surface area contributed by atoms with E-state index >= 15 is 0 Å². The van der Waals surface area contributed by atoms with Gasteiger partial charge in [-0.05, 0) is 31.2 Å². The fourth-order valence-corrected chi connectivity index (χ4v) is 2.10. The minimum atomic E-state index is -4.35. The first-order valence-electron chi connectivity index (χ1n) is 6.08. The summed E-state index contributed by atoms with van der Waals surface area (Å²) in [6.45, 7) is 1.41. The Morgan fingerprint density at radius 1 is 1.26 bits per heavy atom. The van der Waals surface area contributed by atoms with Crippen LogP contribution in [0.2, 0.25) is 0 Å². The van der Waals surface area contributed by atoms with Gasteiger partial charge < -0.3 is 14.8 Å². The second-order valence-electron chi connectivity index (χ2n) is 4.45. The first-order chi connectivity index (χ1) is 9.00. The third-order valence-electron chi connectivity index (χ3n) is 3.12. The molecule has 2 atom stereocenters. The summed E-state index contributed by atoms with van der Waals surface area (Å²) in [5.74, 6) is 0.226. The molecule has 0 spiro atoms. The van der Waals surface area contributed by atoms with E-state index in [4.69, 9.17) is 9.47 Å². The Morgan fingerprint density at radius 2 is 2.05 bits per heavy atom. The molecule has 1 aliphatic heterocycles. The normalized spacial score (nSPS) is 24.2. The van der Waals surface area contributed by atoms with Gasteiger partial charge >= 0.3 is 6.18 Å². The van der Waals surface area contributed by atoms with Gasteiger partial charge in [-0.25, -0.2) is 0 Å². The monoisotopic (exact) mass is 275 g/mol. The minimum Gasteiger partial charge on any atom is -0.488 e. The summed E-state index contributed by atoms with van der Waals surface area (Å²) in [6.07, 6.45) is -4.03. The number of hydrogen-bond acceptors (Lipinski definition) is 3. The minimum absolute atomic E-state index is 0.150. The summed E-state index contributed by atoms with van der Waals surface area (Å²) in [4.78, 5) is 0. The highest BCUT2D eigenvalue weighted by molar-refractivity contribution is 5.30. The molecule has 0 aliphatic carbocycles. The van der Waals surface area contributed by atoms with E-state index in [0.29, 0.717) is 13.0 Å². The van der Waals surface area contributed by atoms with Crippen molar-refractivity contribution in [2.45, 2.75) is 24.8 Å². The van der Waals surface area contributed by atoms with Crippen molar-refractivity contribution in [2.75, 3.05) is 20.2 Å². The van der Waals surface area contributed by atoms with Crippen LogP contribution in [0.25, 0.3) is 0 Å². The first kappa shape index (κ1) is 14.1. The van der Waals surface area contributed by atoms with E-state index in [-0.39, 0.29) is 18.0 Å². The average molecular weight is 275 g/mol. The van der Waals surface area contributed by atoms with Crippen molar-refractivity contribution >= 4 is 0 Å². The van der Waals surface area contributed by atoms with Crippen molar-refractivity contribution in [3.05, 3.63) is 29.8 Å². The van der Waals surface area contributed by atoms with Crippen molar-refractivity contribution < 1.29 is 22.6 Å². The Morgan fingerprint density at radius 3 is 2.74 bits per heavy atom. The Labute approximate surface area is 109 Å². The van der Waals surface area contributed by atoms with Crippen molar-refractivity contribution in [3.63, 3.8) is 0 Å². The third-order valence-corrected chi connectivity index (χ3v) is 3.12. The lowest BCUT2D eigenvalue weighted by Crippen LogP contribution is -2.47. The molecule has 1 fully saturated rings. The average Bonchev–Trinajstić information content (AvgIpc) is 2.39. The predicted octanol–water partition coefficient (Wildman–Crippen LogP) is 2.46. The van der Waals surface area contributed by atoms with E-state index in [9.17, 15) is 13.2 Å². The molecule has 0 unspecified atom stereocenters. The van der Waals surface area contributed by atoms with E-state index in [2.05, 4.69) is 5.32 Å². The van der Waals surface area contributed by atoms with Gasteiger partial charge in [0.15, 0.2) is 0 Å². The molecule has 0 saturated carbocycles. The quantitative estimate of drug-likeness (QED) is 0.919. The van der Waals surface area contributed by atoms with Gasteiger partial charge in [-0.2, -0.15) is 13.2 Å². The molecule has 1 aromatic rings. The maximum atomic E-state index is 12.6. The molecule has 0 bridgehead atoms. The summed E-state index contributed by atoms with van der Waals surface area (Å²) in [5, 5.41) is 3.15. The second-order valence-corrected chi connectivity index (χ2v) is 4.45. The van der Waals surface area contributed by atoms with Gasteiger partial charge in [-0.1, -0.05) is 6.07 Å². The van der Waals surface area contributed by atoms with Crippen LogP contribution < -0.4 is 10.1 Å². The highest BCUT2D eigenvalue weighted by Gasteiger charge is 2.31. The van der Waals surface area contributed by atoms with Crippen molar-refractivity contribution in [1.82, 2.24) is 5.32 Å². The Kier molecular flexibility index (Phi) is 4.31. The summed E-state index contributed by atoms with van der Waals surface area (Å²) >= 11 is 0. The van der Waals surface area contributed by atoms with Crippen molar-refractivity contribution in [2.24, 2.45) is 0 Å². The van der Waals surface area contributed by atoms with Crippen molar-refractivity contribution in [3.8, 4) is 5.75 Å². The van der Waals surface area contributed by atoms with E-state index in [1.165, 1.54) is 12.1 Å². The van der Waals surface area contributed by atoms with Gasteiger partial charge in [0.25, 0.3) is 0 Å². The summed E-state index contributed by atoms with van der Waals surface area (Å²) in [6, 6.07) is 4.93. The Bertz CT molecular complexity index is 423. The number of alkyl halides is 3. The lowest BCUT2D eigenvalue weighted by molar-refractivity contribution is -0.137. The molecule has 1 aromatic carbocycles.